The van der Waals surface area contributed by atoms with Gasteiger partial charge in [-0.25, -0.2) is 13.1 Å². The number of anilines is 1. The molecule has 0 aliphatic rings. The van der Waals surface area contributed by atoms with Crippen molar-refractivity contribution >= 4 is 21.6 Å². The van der Waals surface area contributed by atoms with Crippen LogP contribution in [0.2, 0.25) is 0 Å². The van der Waals surface area contributed by atoms with Gasteiger partial charge in [-0.15, -0.1) is 0 Å². The van der Waals surface area contributed by atoms with Crippen molar-refractivity contribution in [3.05, 3.63) is 29.8 Å². The highest BCUT2D eigenvalue weighted by Gasteiger charge is 2.20. The summed E-state index contributed by atoms with van der Waals surface area (Å²) < 4.78 is 31.1. The van der Waals surface area contributed by atoms with Crippen LogP contribution >= 0.6 is 0 Å². The number of hydrogen-bond acceptors (Lipinski definition) is 5. The average molecular weight is 315 g/mol. The Morgan fingerprint density at radius 3 is 2.76 bits per heavy atom. The van der Waals surface area contributed by atoms with Gasteiger partial charge in [-0.05, 0) is 24.6 Å². The maximum Gasteiger partial charge on any atom is 0.237 e. The number of carbonyl (C=O) groups is 1. The maximum atomic E-state index is 12.0. The van der Waals surface area contributed by atoms with Crippen LogP contribution in [0.15, 0.2) is 24.3 Å². The quantitative estimate of drug-likeness (QED) is 0.456. The molecule has 0 saturated carbocycles. The fourth-order valence-electron chi connectivity index (χ4n) is 1.70. The number of rotatable bonds is 8. The lowest BCUT2D eigenvalue weighted by Gasteiger charge is -2.14. The molecular formula is C13H21N3O4S. The van der Waals surface area contributed by atoms with Crippen molar-refractivity contribution in [1.29, 1.82) is 0 Å². The van der Waals surface area contributed by atoms with Crippen LogP contribution < -0.4 is 15.8 Å². The maximum absolute atomic E-state index is 12.0. The van der Waals surface area contributed by atoms with Gasteiger partial charge in [-0.3, -0.25) is 4.79 Å². The minimum atomic E-state index is -3.62. The summed E-state index contributed by atoms with van der Waals surface area (Å²) in [5.74, 6) is -0.628. The fraction of sp³-hybridized carbons (Fsp3) is 0.462. The minimum Gasteiger partial charge on any atom is -0.399 e. The van der Waals surface area contributed by atoms with Crippen LogP contribution in [0.3, 0.4) is 0 Å². The molecule has 0 heterocycles. The second-order valence-electron chi connectivity index (χ2n) is 4.63. The van der Waals surface area contributed by atoms with Crippen LogP contribution in [-0.2, 0) is 25.3 Å². The lowest BCUT2D eigenvalue weighted by Crippen LogP contribution is -2.45. The van der Waals surface area contributed by atoms with Crippen LogP contribution in [0.5, 0.6) is 0 Å². The van der Waals surface area contributed by atoms with E-state index in [1.807, 2.05) is 0 Å². The first-order valence-electron chi connectivity index (χ1n) is 6.45. The third-order valence-corrected chi connectivity index (χ3v) is 4.09. The zero-order valence-corrected chi connectivity index (χ0v) is 12.9. The Kier molecular flexibility index (Phi) is 6.60. The van der Waals surface area contributed by atoms with E-state index in [0.717, 1.165) is 0 Å². The Bertz CT molecular complexity index is 575. The van der Waals surface area contributed by atoms with Crippen LogP contribution in [0.25, 0.3) is 0 Å². The molecule has 1 amide bonds. The van der Waals surface area contributed by atoms with Crippen molar-refractivity contribution < 1.29 is 17.9 Å². The van der Waals surface area contributed by atoms with E-state index in [0.29, 0.717) is 24.4 Å². The normalized spacial score (nSPS) is 12.9. The van der Waals surface area contributed by atoms with E-state index in [9.17, 15) is 13.2 Å². The van der Waals surface area contributed by atoms with E-state index in [2.05, 4.69) is 10.0 Å². The SMILES string of the molecule is COCCNC(=O)C(C)NS(=O)(=O)Cc1cccc(N)c1. The summed E-state index contributed by atoms with van der Waals surface area (Å²) in [6, 6.07) is 5.76. The smallest absolute Gasteiger partial charge is 0.237 e. The Balaban J connectivity index is 2.57. The van der Waals surface area contributed by atoms with E-state index < -0.39 is 22.0 Å². The number of methoxy groups -OCH3 is 1. The van der Waals surface area contributed by atoms with Gasteiger partial charge >= 0.3 is 0 Å². The van der Waals surface area contributed by atoms with E-state index in [1.54, 1.807) is 24.3 Å². The molecule has 0 spiro atoms. The van der Waals surface area contributed by atoms with Gasteiger partial charge in [-0.2, -0.15) is 0 Å². The topological polar surface area (TPSA) is 111 Å². The molecule has 1 aromatic rings. The molecule has 4 N–H and O–H groups in total. The van der Waals surface area contributed by atoms with E-state index in [4.69, 9.17) is 10.5 Å². The molecular weight excluding hydrogens is 294 g/mol. The number of ether oxygens (including phenoxy) is 1. The van der Waals surface area contributed by atoms with Gasteiger partial charge in [0.15, 0.2) is 0 Å². The Morgan fingerprint density at radius 2 is 2.14 bits per heavy atom. The van der Waals surface area contributed by atoms with Gasteiger partial charge in [0.2, 0.25) is 15.9 Å². The standard InChI is InChI=1S/C13H21N3O4S/c1-10(13(17)15-6-7-20-2)16-21(18,19)9-11-4-3-5-12(14)8-11/h3-5,8,10,16H,6-7,9,14H2,1-2H3,(H,15,17). The highest BCUT2D eigenvalue weighted by molar-refractivity contribution is 7.88. The Labute approximate surface area is 124 Å². The van der Waals surface area contributed by atoms with Crippen LogP contribution in [0, 0.1) is 0 Å². The van der Waals surface area contributed by atoms with Crippen molar-refractivity contribution in [1.82, 2.24) is 10.0 Å². The molecule has 0 aliphatic heterocycles. The first kappa shape index (κ1) is 17.4. The summed E-state index contributed by atoms with van der Waals surface area (Å²) in [5, 5.41) is 2.57. The van der Waals surface area contributed by atoms with Gasteiger partial charge < -0.3 is 15.8 Å². The van der Waals surface area contributed by atoms with Crippen LogP contribution in [-0.4, -0.2) is 40.6 Å². The molecule has 1 rings (SSSR count). The van der Waals surface area contributed by atoms with E-state index >= 15 is 0 Å². The molecule has 0 bridgehead atoms. The molecule has 1 unspecified atom stereocenters. The Hall–Kier alpha value is -1.64. The van der Waals surface area contributed by atoms with E-state index in [1.165, 1.54) is 14.0 Å². The predicted molar refractivity (Wildman–Crippen MR) is 81.0 cm³/mol. The zero-order chi connectivity index (χ0) is 15.9. The summed E-state index contributed by atoms with van der Waals surface area (Å²) in [6.45, 7) is 2.18. The van der Waals surface area contributed by atoms with Gasteiger partial charge in [-0.1, -0.05) is 12.1 Å². The third kappa shape index (κ3) is 6.56. The minimum absolute atomic E-state index is 0.228. The summed E-state index contributed by atoms with van der Waals surface area (Å²) in [6.07, 6.45) is 0. The Morgan fingerprint density at radius 1 is 1.43 bits per heavy atom. The predicted octanol–water partition coefficient (Wildman–Crippen LogP) is -0.161. The zero-order valence-electron chi connectivity index (χ0n) is 12.1. The molecule has 0 radical (unpaired) electrons. The fourth-order valence-corrected chi connectivity index (χ4v) is 3.04. The molecule has 21 heavy (non-hydrogen) atoms. The van der Waals surface area contributed by atoms with E-state index in [-0.39, 0.29) is 5.75 Å². The number of amides is 1. The molecule has 0 aliphatic carbocycles. The molecule has 0 aromatic heterocycles. The average Bonchev–Trinajstić information content (AvgIpc) is 2.37. The number of nitrogen functional groups attached to an aromatic ring is 1. The number of nitrogens with one attached hydrogen (secondary N) is 2. The lowest BCUT2D eigenvalue weighted by atomic mass is 10.2. The molecule has 7 nitrogen and oxygen atoms in total. The largest absolute Gasteiger partial charge is 0.399 e. The number of hydrogen-bond donors (Lipinski definition) is 3. The molecule has 1 atom stereocenters. The van der Waals surface area contributed by atoms with Crippen molar-refractivity contribution in [3.8, 4) is 0 Å². The van der Waals surface area contributed by atoms with Crippen molar-refractivity contribution in [2.24, 2.45) is 0 Å². The van der Waals surface area contributed by atoms with Crippen molar-refractivity contribution in [3.63, 3.8) is 0 Å². The van der Waals surface area contributed by atoms with Crippen molar-refractivity contribution in [2.45, 2.75) is 18.7 Å². The molecule has 118 valence electrons. The highest BCUT2D eigenvalue weighted by atomic mass is 32.2. The molecule has 8 heteroatoms. The summed E-state index contributed by atoms with van der Waals surface area (Å²) in [4.78, 5) is 11.7. The monoisotopic (exact) mass is 315 g/mol. The lowest BCUT2D eigenvalue weighted by molar-refractivity contribution is -0.122. The second kappa shape index (κ2) is 7.96. The van der Waals surface area contributed by atoms with Gasteiger partial charge in [0.25, 0.3) is 0 Å². The van der Waals surface area contributed by atoms with Crippen LogP contribution in [0.1, 0.15) is 12.5 Å². The van der Waals surface area contributed by atoms with Gasteiger partial charge in [0.05, 0.1) is 18.4 Å². The molecule has 0 fully saturated rings. The first-order chi connectivity index (χ1) is 9.84. The third-order valence-electron chi connectivity index (χ3n) is 2.66. The number of sulfonamides is 1. The van der Waals surface area contributed by atoms with Gasteiger partial charge in [0.1, 0.15) is 0 Å². The number of nitrogens with two attached hydrogens (primary N) is 1. The number of benzene rings is 1. The van der Waals surface area contributed by atoms with Crippen molar-refractivity contribution in [2.75, 3.05) is 26.0 Å². The second-order valence-corrected chi connectivity index (χ2v) is 6.38. The summed E-state index contributed by atoms with van der Waals surface area (Å²) >= 11 is 0. The van der Waals surface area contributed by atoms with Crippen LogP contribution in [0.4, 0.5) is 5.69 Å². The molecule has 0 saturated heterocycles. The molecule has 1 aromatic carbocycles. The van der Waals surface area contributed by atoms with Gasteiger partial charge in [0, 0.05) is 19.3 Å². The summed E-state index contributed by atoms with van der Waals surface area (Å²) in [5.41, 5.74) is 6.66. The number of carbonyl (C=O) groups excluding carboxylic acids is 1. The highest BCUT2D eigenvalue weighted by Crippen LogP contribution is 2.10. The summed E-state index contributed by atoms with van der Waals surface area (Å²) in [7, 11) is -2.11. The first-order valence-corrected chi connectivity index (χ1v) is 8.10.